The van der Waals surface area contributed by atoms with Crippen LogP contribution in [0.5, 0.6) is 5.75 Å². The molecule has 4 aromatic rings. The number of nitrogens with zero attached hydrogens (tertiary/aromatic N) is 4. The second-order valence-electron chi connectivity index (χ2n) is 8.50. The fraction of sp³-hybridized carbons (Fsp3) is 0.417. The molecule has 4 heterocycles. The molecule has 0 radical (unpaired) electrons. The van der Waals surface area contributed by atoms with Gasteiger partial charge in [0.05, 0.1) is 18.3 Å². The van der Waals surface area contributed by atoms with E-state index in [1.807, 2.05) is 24.1 Å². The molecule has 0 bridgehead atoms. The van der Waals surface area contributed by atoms with Crippen molar-refractivity contribution in [3.63, 3.8) is 0 Å². The molecule has 8 heteroatoms. The molecule has 1 aliphatic heterocycles. The second kappa shape index (κ2) is 8.26. The van der Waals surface area contributed by atoms with Crippen LogP contribution >= 0.6 is 11.3 Å². The number of aryl methyl sites for hydroxylation is 2. The van der Waals surface area contributed by atoms with E-state index in [4.69, 9.17) is 15.5 Å². The van der Waals surface area contributed by atoms with Crippen LogP contribution in [0, 0.1) is 0 Å². The Labute approximate surface area is 191 Å². The van der Waals surface area contributed by atoms with Gasteiger partial charge in [-0.2, -0.15) is 0 Å². The lowest BCUT2D eigenvalue weighted by Crippen LogP contribution is -2.39. The Morgan fingerprint density at radius 2 is 2.16 bits per heavy atom. The van der Waals surface area contributed by atoms with E-state index in [1.54, 1.807) is 18.4 Å². The van der Waals surface area contributed by atoms with Gasteiger partial charge in [0.25, 0.3) is 5.91 Å². The molecular formula is C24H29N5O2S. The SMILES string of the molecule is CCn1c(-c2nc3cc(C(=O)N4CCCC[C@@H](N)C4)cc(OC)c3n2C)cc2ccsc21. The van der Waals surface area contributed by atoms with E-state index in [1.165, 1.54) is 10.2 Å². The van der Waals surface area contributed by atoms with Gasteiger partial charge in [-0.3, -0.25) is 4.79 Å². The fourth-order valence-electron chi connectivity index (χ4n) is 4.83. The molecule has 1 atom stereocenters. The van der Waals surface area contributed by atoms with E-state index in [0.29, 0.717) is 17.9 Å². The standard InChI is InChI=1S/C24H29N5O2S/c1-4-29-19(12-15-8-10-32-24(15)29)22-26-18-11-16(13-20(31-3)21(18)27(22)2)23(30)28-9-6-5-7-17(25)14-28/h8,10-13,17H,4-7,9,14,25H2,1-3H3/t17-/m1/s1. The molecule has 32 heavy (non-hydrogen) atoms. The van der Waals surface area contributed by atoms with E-state index >= 15 is 0 Å². The summed E-state index contributed by atoms with van der Waals surface area (Å²) in [5.74, 6) is 1.51. The van der Waals surface area contributed by atoms with Gasteiger partial charge in [0, 0.05) is 43.7 Å². The molecule has 168 valence electrons. The topological polar surface area (TPSA) is 78.3 Å². The number of carbonyl (C=O) groups excluding carboxylic acids is 1. The molecule has 1 aromatic carbocycles. The Kier molecular flexibility index (Phi) is 5.43. The molecule has 0 aliphatic carbocycles. The van der Waals surface area contributed by atoms with Crippen molar-refractivity contribution in [1.82, 2.24) is 19.0 Å². The maximum Gasteiger partial charge on any atom is 0.254 e. The maximum absolute atomic E-state index is 13.3. The number of rotatable bonds is 4. The Morgan fingerprint density at radius 1 is 1.31 bits per heavy atom. The van der Waals surface area contributed by atoms with Crippen LogP contribution in [0.1, 0.15) is 36.5 Å². The molecule has 3 aromatic heterocycles. The number of ether oxygens (including phenoxy) is 1. The number of amides is 1. The molecule has 5 rings (SSSR count). The van der Waals surface area contributed by atoms with Crippen LogP contribution in [0.15, 0.2) is 29.6 Å². The summed E-state index contributed by atoms with van der Waals surface area (Å²) in [6.07, 6.45) is 3.01. The number of benzene rings is 1. The van der Waals surface area contributed by atoms with Crippen LogP contribution in [0.25, 0.3) is 32.8 Å². The third-order valence-corrected chi connectivity index (χ3v) is 7.40. The Balaban J connectivity index is 1.62. The normalized spacial score (nSPS) is 17.2. The average Bonchev–Trinajstić information content (AvgIpc) is 3.42. The molecule has 1 fully saturated rings. The summed E-state index contributed by atoms with van der Waals surface area (Å²) in [5.41, 5.74) is 9.51. The Morgan fingerprint density at radius 3 is 2.94 bits per heavy atom. The van der Waals surface area contributed by atoms with Crippen LogP contribution in [0.3, 0.4) is 0 Å². The molecule has 1 saturated heterocycles. The Hall–Kier alpha value is -2.84. The number of thiophene rings is 1. The lowest BCUT2D eigenvalue weighted by Gasteiger charge is -2.23. The number of imidazole rings is 1. The average molecular weight is 452 g/mol. The molecule has 0 saturated carbocycles. The van der Waals surface area contributed by atoms with E-state index in [0.717, 1.165) is 54.9 Å². The van der Waals surface area contributed by atoms with Gasteiger partial charge >= 0.3 is 0 Å². The second-order valence-corrected chi connectivity index (χ2v) is 9.40. The Bertz CT molecular complexity index is 1300. The van der Waals surface area contributed by atoms with Crippen LogP contribution in [-0.4, -0.2) is 51.2 Å². The number of likely N-dealkylation sites (tertiary alicyclic amines) is 1. The van der Waals surface area contributed by atoms with Crippen molar-refractivity contribution in [2.24, 2.45) is 12.8 Å². The first-order valence-electron chi connectivity index (χ1n) is 11.2. The first kappa shape index (κ1) is 21.0. The third-order valence-electron chi connectivity index (χ3n) is 6.44. The number of methoxy groups -OCH3 is 1. The fourth-order valence-corrected chi connectivity index (χ4v) is 5.80. The highest BCUT2D eigenvalue weighted by molar-refractivity contribution is 7.16. The van der Waals surface area contributed by atoms with E-state index in [-0.39, 0.29) is 11.9 Å². The summed E-state index contributed by atoms with van der Waals surface area (Å²) in [6, 6.07) is 8.09. The highest BCUT2D eigenvalue weighted by Crippen LogP contribution is 2.35. The lowest BCUT2D eigenvalue weighted by atomic mass is 10.1. The minimum atomic E-state index is -0.00722. The molecule has 7 nitrogen and oxygen atoms in total. The molecular weight excluding hydrogens is 422 g/mol. The van der Waals surface area contributed by atoms with Crippen molar-refractivity contribution in [2.45, 2.75) is 38.8 Å². The predicted octanol–water partition coefficient (Wildman–Crippen LogP) is 4.24. The lowest BCUT2D eigenvalue weighted by molar-refractivity contribution is 0.0755. The van der Waals surface area contributed by atoms with E-state index in [2.05, 4.69) is 33.6 Å². The summed E-state index contributed by atoms with van der Waals surface area (Å²) in [7, 11) is 3.64. The summed E-state index contributed by atoms with van der Waals surface area (Å²) >= 11 is 1.74. The zero-order valence-electron chi connectivity index (χ0n) is 18.8. The van der Waals surface area contributed by atoms with Crippen LogP contribution in [0.2, 0.25) is 0 Å². The first-order valence-corrected chi connectivity index (χ1v) is 12.1. The largest absolute Gasteiger partial charge is 0.494 e. The van der Waals surface area contributed by atoms with Gasteiger partial charge in [0.15, 0.2) is 5.82 Å². The summed E-state index contributed by atoms with van der Waals surface area (Å²) in [4.78, 5) is 21.4. The van der Waals surface area contributed by atoms with Crippen molar-refractivity contribution in [3.05, 3.63) is 35.2 Å². The van der Waals surface area contributed by atoms with E-state index < -0.39 is 0 Å². The van der Waals surface area contributed by atoms with Gasteiger partial charge in [-0.05, 0) is 49.4 Å². The van der Waals surface area contributed by atoms with Gasteiger partial charge in [-0.15, -0.1) is 11.3 Å². The van der Waals surface area contributed by atoms with Crippen LogP contribution in [0.4, 0.5) is 0 Å². The molecule has 0 spiro atoms. The van der Waals surface area contributed by atoms with Crippen molar-refractivity contribution in [1.29, 1.82) is 0 Å². The number of hydrogen-bond acceptors (Lipinski definition) is 5. The highest BCUT2D eigenvalue weighted by atomic mass is 32.1. The van der Waals surface area contributed by atoms with E-state index in [9.17, 15) is 4.79 Å². The zero-order chi connectivity index (χ0) is 22.4. The number of nitrogens with two attached hydrogens (primary N) is 1. The van der Waals surface area contributed by atoms with Crippen LogP contribution < -0.4 is 10.5 Å². The van der Waals surface area contributed by atoms with Crippen LogP contribution in [-0.2, 0) is 13.6 Å². The third kappa shape index (κ3) is 3.38. The first-order chi connectivity index (χ1) is 15.5. The summed E-state index contributed by atoms with van der Waals surface area (Å²) in [5, 5.41) is 3.34. The van der Waals surface area contributed by atoms with Gasteiger partial charge in [-0.1, -0.05) is 6.42 Å². The minimum Gasteiger partial charge on any atom is -0.494 e. The van der Waals surface area contributed by atoms with Crippen molar-refractivity contribution >= 4 is 38.5 Å². The number of aromatic nitrogens is 3. The molecule has 1 aliphatic rings. The van der Waals surface area contributed by atoms with Crippen molar-refractivity contribution < 1.29 is 9.53 Å². The molecule has 0 unspecified atom stereocenters. The van der Waals surface area contributed by atoms with Gasteiger partial charge in [0.2, 0.25) is 0 Å². The van der Waals surface area contributed by atoms with Gasteiger partial charge in [-0.25, -0.2) is 4.98 Å². The number of fused-ring (bicyclic) bond motifs is 2. The maximum atomic E-state index is 13.3. The monoisotopic (exact) mass is 451 g/mol. The summed E-state index contributed by atoms with van der Waals surface area (Å²) in [6.45, 7) is 4.34. The van der Waals surface area contributed by atoms with Gasteiger partial charge < -0.3 is 24.5 Å². The van der Waals surface area contributed by atoms with Gasteiger partial charge in [0.1, 0.15) is 16.1 Å². The molecule has 1 amide bonds. The predicted molar refractivity (Wildman–Crippen MR) is 129 cm³/mol. The highest BCUT2D eigenvalue weighted by Gasteiger charge is 2.24. The number of hydrogen-bond donors (Lipinski definition) is 1. The minimum absolute atomic E-state index is 0.00722. The summed E-state index contributed by atoms with van der Waals surface area (Å²) < 4.78 is 10.1. The smallest absolute Gasteiger partial charge is 0.254 e. The van der Waals surface area contributed by atoms with Crippen molar-refractivity contribution in [2.75, 3.05) is 20.2 Å². The number of carbonyl (C=O) groups is 1. The molecule has 2 N–H and O–H groups in total. The van der Waals surface area contributed by atoms with Crippen molar-refractivity contribution in [3.8, 4) is 17.3 Å². The zero-order valence-corrected chi connectivity index (χ0v) is 19.6. The quantitative estimate of drug-likeness (QED) is 0.503.